The SMILES string of the molecule is CCCCCCCC/C=C\CCCCCCCCOC(=O)CCSCCC(=O)OCC(CCCCCCCC)CCCCCCCCCC. The second kappa shape index (κ2) is 41.5. The maximum Gasteiger partial charge on any atom is 0.306 e. The van der Waals surface area contributed by atoms with Crippen LogP contribution in [0, 0.1) is 5.92 Å². The van der Waals surface area contributed by atoms with Crippen LogP contribution in [0.5, 0.6) is 0 Å². The lowest BCUT2D eigenvalue weighted by Crippen LogP contribution is -2.15. The van der Waals surface area contributed by atoms with Gasteiger partial charge < -0.3 is 9.47 Å². The van der Waals surface area contributed by atoms with Crippen LogP contribution < -0.4 is 0 Å². The average Bonchev–Trinajstić information content (AvgIpc) is 3.10. The number of unbranched alkanes of at least 4 members (excludes halogenated alkanes) is 24. The molecule has 0 saturated heterocycles. The summed E-state index contributed by atoms with van der Waals surface area (Å²) in [5.74, 6) is 1.73. The van der Waals surface area contributed by atoms with E-state index in [4.69, 9.17) is 9.47 Å². The second-order valence-electron chi connectivity index (χ2n) is 14.6. The summed E-state index contributed by atoms with van der Waals surface area (Å²) in [4.78, 5) is 24.5. The third-order valence-corrected chi connectivity index (χ3v) is 10.7. The number of allylic oxidation sites excluding steroid dienone is 2. The monoisotopic (exact) mass is 709 g/mol. The maximum absolute atomic E-state index is 12.4. The zero-order valence-electron chi connectivity index (χ0n) is 33.2. The van der Waals surface area contributed by atoms with Crippen LogP contribution >= 0.6 is 11.8 Å². The highest BCUT2D eigenvalue weighted by Crippen LogP contribution is 2.21. The Hall–Kier alpha value is -0.970. The molecule has 0 rings (SSSR count). The maximum atomic E-state index is 12.4. The minimum atomic E-state index is -0.110. The zero-order valence-corrected chi connectivity index (χ0v) is 34.0. The number of esters is 2. The van der Waals surface area contributed by atoms with Crippen molar-refractivity contribution in [2.24, 2.45) is 5.92 Å². The number of thioether (sulfide) groups is 1. The molecule has 0 aromatic carbocycles. The predicted octanol–water partition coefficient (Wildman–Crippen LogP) is 14.5. The molecular formula is C44H84O4S. The fourth-order valence-electron chi connectivity index (χ4n) is 6.40. The Kier molecular flexibility index (Phi) is 40.6. The largest absolute Gasteiger partial charge is 0.466 e. The van der Waals surface area contributed by atoms with Crippen molar-refractivity contribution in [3.8, 4) is 0 Å². The molecule has 0 saturated carbocycles. The Morgan fingerprint density at radius 2 is 0.837 bits per heavy atom. The first kappa shape index (κ1) is 48.0. The highest BCUT2D eigenvalue weighted by Gasteiger charge is 2.13. The van der Waals surface area contributed by atoms with Gasteiger partial charge in [-0.3, -0.25) is 9.59 Å². The summed E-state index contributed by atoms with van der Waals surface area (Å²) in [5.41, 5.74) is 0. The average molecular weight is 709 g/mol. The summed E-state index contributed by atoms with van der Waals surface area (Å²) in [5, 5.41) is 0. The summed E-state index contributed by atoms with van der Waals surface area (Å²) < 4.78 is 11.2. The van der Waals surface area contributed by atoms with Crippen LogP contribution in [0.1, 0.15) is 226 Å². The molecule has 0 radical (unpaired) electrons. The van der Waals surface area contributed by atoms with Crippen molar-refractivity contribution in [2.45, 2.75) is 226 Å². The van der Waals surface area contributed by atoms with Crippen molar-refractivity contribution in [1.82, 2.24) is 0 Å². The summed E-state index contributed by atoms with van der Waals surface area (Å²) in [6.45, 7) is 7.93. The van der Waals surface area contributed by atoms with Crippen molar-refractivity contribution in [3.63, 3.8) is 0 Å². The molecule has 4 nitrogen and oxygen atoms in total. The van der Waals surface area contributed by atoms with E-state index in [2.05, 4.69) is 32.9 Å². The van der Waals surface area contributed by atoms with Gasteiger partial charge in [0.05, 0.1) is 26.1 Å². The number of hydrogen-bond acceptors (Lipinski definition) is 5. The highest BCUT2D eigenvalue weighted by molar-refractivity contribution is 7.99. The van der Waals surface area contributed by atoms with Gasteiger partial charge in [0, 0.05) is 11.5 Å². The van der Waals surface area contributed by atoms with E-state index in [1.807, 2.05) is 0 Å². The smallest absolute Gasteiger partial charge is 0.306 e. The van der Waals surface area contributed by atoms with Crippen LogP contribution in [0.3, 0.4) is 0 Å². The summed E-state index contributed by atoms with van der Waals surface area (Å²) >= 11 is 1.65. The second-order valence-corrected chi connectivity index (χ2v) is 15.9. The molecule has 0 fully saturated rings. The van der Waals surface area contributed by atoms with E-state index in [0.29, 0.717) is 43.5 Å². The van der Waals surface area contributed by atoms with E-state index in [1.54, 1.807) is 11.8 Å². The van der Waals surface area contributed by atoms with E-state index in [9.17, 15) is 9.59 Å². The molecule has 0 aliphatic carbocycles. The van der Waals surface area contributed by atoms with Gasteiger partial charge in [0.1, 0.15) is 0 Å². The number of rotatable bonds is 40. The van der Waals surface area contributed by atoms with E-state index in [-0.39, 0.29) is 11.9 Å². The van der Waals surface area contributed by atoms with Crippen molar-refractivity contribution in [2.75, 3.05) is 24.7 Å². The molecule has 0 spiro atoms. The van der Waals surface area contributed by atoms with Gasteiger partial charge in [-0.05, 0) is 50.9 Å². The topological polar surface area (TPSA) is 52.6 Å². The van der Waals surface area contributed by atoms with E-state index >= 15 is 0 Å². The molecule has 5 heteroatoms. The molecule has 0 aliphatic heterocycles. The molecule has 290 valence electrons. The van der Waals surface area contributed by atoms with Gasteiger partial charge in [0.15, 0.2) is 0 Å². The Labute approximate surface area is 310 Å². The molecule has 0 N–H and O–H groups in total. The van der Waals surface area contributed by atoms with E-state index in [0.717, 1.165) is 12.8 Å². The van der Waals surface area contributed by atoms with Gasteiger partial charge >= 0.3 is 11.9 Å². The normalized spacial score (nSPS) is 12.1. The standard InChI is InChI=1S/C44H84O4S/c1-4-7-10-13-16-18-19-20-21-22-23-24-25-27-30-33-38-47-43(45)36-39-49-40-37-44(46)48-41-42(34-31-28-15-12-9-6-3)35-32-29-26-17-14-11-8-5-2/h20-21,42H,4-19,22-41H2,1-3H3/b21-20-. The fourth-order valence-corrected chi connectivity index (χ4v) is 7.22. The number of carbonyl (C=O) groups excluding carboxylic acids is 2. The van der Waals surface area contributed by atoms with Crippen molar-refractivity contribution >= 4 is 23.7 Å². The van der Waals surface area contributed by atoms with Crippen LogP contribution in [-0.4, -0.2) is 36.7 Å². The molecule has 0 aliphatic rings. The van der Waals surface area contributed by atoms with Crippen molar-refractivity contribution in [3.05, 3.63) is 12.2 Å². The lowest BCUT2D eigenvalue weighted by molar-refractivity contribution is -0.145. The minimum Gasteiger partial charge on any atom is -0.466 e. The quantitative estimate of drug-likeness (QED) is 0.0360. The summed E-state index contributed by atoms with van der Waals surface area (Å²) in [6.07, 6.45) is 44.5. The summed E-state index contributed by atoms with van der Waals surface area (Å²) in [7, 11) is 0. The third-order valence-electron chi connectivity index (χ3n) is 9.73. The van der Waals surface area contributed by atoms with Crippen LogP contribution in [0.25, 0.3) is 0 Å². The van der Waals surface area contributed by atoms with Gasteiger partial charge in [-0.15, -0.1) is 0 Å². The molecule has 0 heterocycles. The Morgan fingerprint density at radius 1 is 0.469 bits per heavy atom. The first-order chi connectivity index (χ1) is 24.1. The predicted molar refractivity (Wildman–Crippen MR) is 217 cm³/mol. The van der Waals surface area contributed by atoms with Gasteiger partial charge in [0.2, 0.25) is 0 Å². The number of ether oxygens (including phenoxy) is 2. The summed E-state index contributed by atoms with van der Waals surface area (Å²) in [6, 6.07) is 0. The highest BCUT2D eigenvalue weighted by atomic mass is 32.2. The van der Waals surface area contributed by atoms with E-state index < -0.39 is 0 Å². The van der Waals surface area contributed by atoms with Crippen molar-refractivity contribution in [1.29, 1.82) is 0 Å². The van der Waals surface area contributed by atoms with Crippen LogP contribution in [0.2, 0.25) is 0 Å². The molecule has 49 heavy (non-hydrogen) atoms. The molecule has 0 aromatic heterocycles. The Morgan fingerprint density at radius 3 is 1.29 bits per heavy atom. The Bertz CT molecular complexity index is 709. The molecule has 0 aromatic rings. The number of carbonyl (C=O) groups is 2. The fraction of sp³-hybridized carbons (Fsp3) is 0.909. The van der Waals surface area contributed by atoms with Crippen LogP contribution in [-0.2, 0) is 19.1 Å². The molecule has 0 bridgehead atoms. The van der Waals surface area contributed by atoms with Gasteiger partial charge in [0.25, 0.3) is 0 Å². The minimum absolute atomic E-state index is 0.0843. The van der Waals surface area contributed by atoms with Gasteiger partial charge in [-0.25, -0.2) is 0 Å². The van der Waals surface area contributed by atoms with E-state index in [1.165, 1.54) is 180 Å². The first-order valence-electron chi connectivity index (χ1n) is 21.7. The van der Waals surface area contributed by atoms with Crippen LogP contribution in [0.4, 0.5) is 0 Å². The number of hydrogen-bond donors (Lipinski definition) is 0. The molecule has 1 unspecified atom stereocenters. The van der Waals surface area contributed by atoms with Gasteiger partial charge in [-0.1, -0.05) is 181 Å². The molecule has 1 atom stereocenters. The first-order valence-corrected chi connectivity index (χ1v) is 22.8. The third kappa shape index (κ3) is 39.7. The van der Waals surface area contributed by atoms with Crippen molar-refractivity contribution < 1.29 is 19.1 Å². The Balaban J connectivity index is 3.78. The molecular weight excluding hydrogens is 625 g/mol. The lowest BCUT2D eigenvalue weighted by atomic mass is 9.94. The lowest BCUT2D eigenvalue weighted by Gasteiger charge is -2.17. The van der Waals surface area contributed by atoms with Gasteiger partial charge in [-0.2, -0.15) is 11.8 Å². The van der Waals surface area contributed by atoms with Crippen LogP contribution in [0.15, 0.2) is 12.2 Å². The molecule has 0 amide bonds. The zero-order chi connectivity index (χ0) is 35.7.